The Labute approximate surface area is 129 Å². The van der Waals surface area contributed by atoms with Crippen LogP contribution >= 0.6 is 0 Å². The summed E-state index contributed by atoms with van der Waals surface area (Å²) in [6.07, 6.45) is 2.11. The number of hydrogen-bond acceptors (Lipinski definition) is 4. The minimum absolute atomic E-state index is 0.0204. The number of nitrogens with zero attached hydrogens (tertiary/aromatic N) is 1. The number of alkyl halides is 2. The molecule has 1 aromatic carbocycles. The van der Waals surface area contributed by atoms with Crippen molar-refractivity contribution in [2.45, 2.75) is 32.3 Å². The van der Waals surface area contributed by atoms with Gasteiger partial charge in [-0.2, -0.15) is 8.78 Å². The van der Waals surface area contributed by atoms with Crippen LogP contribution in [0.1, 0.15) is 18.4 Å². The number of hydrogen-bond donors (Lipinski definition) is 0. The fourth-order valence-corrected chi connectivity index (χ4v) is 3.07. The fourth-order valence-electron chi connectivity index (χ4n) is 3.07. The summed E-state index contributed by atoms with van der Waals surface area (Å²) in [6.45, 7) is 1.47. The van der Waals surface area contributed by atoms with Crippen molar-refractivity contribution in [2.24, 2.45) is 5.92 Å². The lowest BCUT2D eigenvalue weighted by molar-refractivity contribution is -0.0978. The maximum Gasteiger partial charge on any atom is 0.387 e. The van der Waals surface area contributed by atoms with Gasteiger partial charge in [0.25, 0.3) is 0 Å². The van der Waals surface area contributed by atoms with Gasteiger partial charge in [0.15, 0.2) is 6.29 Å². The molecule has 0 spiro atoms. The smallest absolute Gasteiger partial charge is 0.387 e. The molecule has 2 saturated heterocycles. The van der Waals surface area contributed by atoms with Crippen LogP contribution in [0.5, 0.6) is 5.75 Å². The second kappa shape index (κ2) is 7.35. The van der Waals surface area contributed by atoms with Gasteiger partial charge in [0, 0.05) is 12.5 Å². The molecular weight excluding hydrogens is 292 g/mol. The van der Waals surface area contributed by atoms with E-state index in [1.807, 2.05) is 12.1 Å². The quantitative estimate of drug-likeness (QED) is 0.836. The van der Waals surface area contributed by atoms with Crippen LogP contribution in [-0.4, -0.2) is 44.1 Å². The lowest BCUT2D eigenvalue weighted by atomic mass is 9.96. The number of rotatable bonds is 5. The molecule has 0 aromatic heterocycles. The first-order chi connectivity index (χ1) is 10.7. The zero-order chi connectivity index (χ0) is 15.4. The van der Waals surface area contributed by atoms with Gasteiger partial charge in [-0.25, -0.2) is 0 Å². The summed E-state index contributed by atoms with van der Waals surface area (Å²) in [7, 11) is 0. The molecule has 2 aliphatic heterocycles. The van der Waals surface area contributed by atoms with Crippen molar-refractivity contribution in [1.82, 2.24) is 4.90 Å². The van der Waals surface area contributed by atoms with Gasteiger partial charge in [-0.15, -0.1) is 0 Å². The van der Waals surface area contributed by atoms with E-state index in [4.69, 9.17) is 9.47 Å². The highest BCUT2D eigenvalue weighted by atomic mass is 19.3. The number of halogens is 2. The Morgan fingerprint density at radius 2 is 1.73 bits per heavy atom. The van der Waals surface area contributed by atoms with Gasteiger partial charge in [-0.3, -0.25) is 4.90 Å². The van der Waals surface area contributed by atoms with E-state index in [9.17, 15) is 8.78 Å². The van der Waals surface area contributed by atoms with Crippen LogP contribution in [0.25, 0.3) is 0 Å². The van der Waals surface area contributed by atoms with Crippen molar-refractivity contribution in [2.75, 3.05) is 26.3 Å². The predicted octanol–water partition coefficient (Wildman–Crippen LogP) is 2.87. The Morgan fingerprint density at radius 3 is 2.32 bits per heavy atom. The van der Waals surface area contributed by atoms with Crippen LogP contribution in [0.15, 0.2) is 24.3 Å². The number of ether oxygens (including phenoxy) is 3. The molecule has 1 aromatic rings. The summed E-state index contributed by atoms with van der Waals surface area (Å²) >= 11 is 0. The van der Waals surface area contributed by atoms with Gasteiger partial charge >= 0.3 is 6.61 Å². The standard InChI is InChI=1S/C16H21F2NO3/c17-16(18)22-14-3-1-12(2-4-14)11-19-7-5-13(6-8-19)15-20-9-10-21-15/h1-4,13,15-16H,5-11H2. The SMILES string of the molecule is FC(F)Oc1ccc(CN2CCC(C3OCCO3)CC2)cc1. The largest absolute Gasteiger partial charge is 0.435 e. The lowest BCUT2D eigenvalue weighted by Crippen LogP contribution is -2.37. The summed E-state index contributed by atoms with van der Waals surface area (Å²) in [5.74, 6) is 0.688. The van der Waals surface area contributed by atoms with E-state index in [2.05, 4.69) is 9.64 Å². The highest BCUT2D eigenvalue weighted by Gasteiger charge is 2.30. The number of piperidine rings is 1. The Bertz CT molecular complexity index is 455. The molecule has 0 saturated carbocycles. The Hall–Kier alpha value is -1.24. The summed E-state index contributed by atoms with van der Waals surface area (Å²) in [6, 6.07) is 6.86. The third-order valence-electron chi connectivity index (χ3n) is 4.22. The Morgan fingerprint density at radius 1 is 1.09 bits per heavy atom. The summed E-state index contributed by atoms with van der Waals surface area (Å²) in [5.41, 5.74) is 1.11. The van der Waals surface area contributed by atoms with Crippen LogP contribution in [0.2, 0.25) is 0 Å². The molecule has 0 bridgehead atoms. The zero-order valence-corrected chi connectivity index (χ0v) is 12.4. The normalized spacial score (nSPS) is 21.6. The summed E-state index contributed by atoms with van der Waals surface area (Å²) in [5, 5.41) is 0. The number of likely N-dealkylation sites (tertiary alicyclic amines) is 1. The average molecular weight is 313 g/mol. The van der Waals surface area contributed by atoms with Crippen molar-refractivity contribution >= 4 is 0 Å². The molecule has 122 valence electrons. The topological polar surface area (TPSA) is 30.9 Å². The third-order valence-corrected chi connectivity index (χ3v) is 4.22. The Kier molecular flexibility index (Phi) is 5.23. The van der Waals surface area contributed by atoms with Gasteiger partial charge in [0.2, 0.25) is 0 Å². The van der Waals surface area contributed by atoms with Gasteiger partial charge in [0.05, 0.1) is 13.2 Å². The van der Waals surface area contributed by atoms with Crippen molar-refractivity contribution in [1.29, 1.82) is 0 Å². The molecule has 22 heavy (non-hydrogen) atoms. The molecule has 2 fully saturated rings. The molecule has 0 aliphatic carbocycles. The van der Waals surface area contributed by atoms with Crippen LogP contribution in [-0.2, 0) is 16.0 Å². The lowest BCUT2D eigenvalue weighted by Gasteiger charge is -2.33. The first kappa shape index (κ1) is 15.6. The van der Waals surface area contributed by atoms with E-state index in [-0.39, 0.29) is 12.0 Å². The highest BCUT2D eigenvalue weighted by molar-refractivity contribution is 5.27. The third kappa shape index (κ3) is 4.15. The molecule has 0 atom stereocenters. The van der Waals surface area contributed by atoms with Crippen LogP contribution in [0.4, 0.5) is 8.78 Å². The molecule has 6 heteroatoms. The fraction of sp³-hybridized carbons (Fsp3) is 0.625. The zero-order valence-electron chi connectivity index (χ0n) is 12.4. The molecule has 2 heterocycles. The average Bonchev–Trinajstić information content (AvgIpc) is 3.04. The van der Waals surface area contributed by atoms with Crippen LogP contribution in [0.3, 0.4) is 0 Å². The van der Waals surface area contributed by atoms with Crippen LogP contribution in [0, 0.1) is 5.92 Å². The maximum atomic E-state index is 12.1. The molecular formula is C16H21F2NO3. The monoisotopic (exact) mass is 313 g/mol. The molecule has 4 nitrogen and oxygen atoms in total. The highest BCUT2D eigenvalue weighted by Crippen LogP contribution is 2.26. The van der Waals surface area contributed by atoms with E-state index >= 15 is 0 Å². The first-order valence-electron chi connectivity index (χ1n) is 7.70. The maximum absolute atomic E-state index is 12.1. The molecule has 0 unspecified atom stereocenters. The predicted molar refractivity (Wildman–Crippen MR) is 76.8 cm³/mol. The van der Waals surface area contributed by atoms with Crippen molar-refractivity contribution in [3.8, 4) is 5.75 Å². The Balaban J connectivity index is 1.46. The minimum Gasteiger partial charge on any atom is -0.435 e. The summed E-state index contributed by atoms with van der Waals surface area (Å²) in [4.78, 5) is 2.37. The first-order valence-corrected chi connectivity index (χ1v) is 7.70. The minimum atomic E-state index is -2.77. The molecule has 3 rings (SSSR count). The van der Waals surface area contributed by atoms with Gasteiger partial charge in [-0.1, -0.05) is 12.1 Å². The van der Waals surface area contributed by atoms with Gasteiger partial charge < -0.3 is 14.2 Å². The molecule has 2 aliphatic rings. The van der Waals surface area contributed by atoms with E-state index in [0.717, 1.165) is 38.0 Å². The second-order valence-electron chi connectivity index (χ2n) is 5.75. The molecule has 0 amide bonds. The van der Waals surface area contributed by atoms with E-state index in [1.54, 1.807) is 12.1 Å². The van der Waals surface area contributed by atoms with Crippen molar-refractivity contribution < 1.29 is 23.0 Å². The van der Waals surface area contributed by atoms with Crippen molar-refractivity contribution in [3.05, 3.63) is 29.8 Å². The van der Waals surface area contributed by atoms with Crippen molar-refractivity contribution in [3.63, 3.8) is 0 Å². The molecule has 0 N–H and O–H groups in total. The van der Waals surface area contributed by atoms with E-state index < -0.39 is 6.61 Å². The second-order valence-corrected chi connectivity index (χ2v) is 5.75. The van der Waals surface area contributed by atoms with Gasteiger partial charge in [0.1, 0.15) is 5.75 Å². The van der Waals surface area contributed by atoms with Crippen LogP contribution < -0.4 is 4.74 Å². The van der Waals surface area contributed by atoms with E-state index in [1.165, 1.54) is 0 Å². The van der Waals surface area contributed by atoms with E-state index in [0.29, 0.717) is 19.1 Å². The number of benzene rings is 1. The summed E-state index contributed by atoms with van der Waals surface area (Å²) < 4.78 is 39.7. The van der Waals surface area contributed by atoms with Gasteiger partial charge in [-0.05, 0) is 43.6 Å². The molecule has 0 radical (unpaired) electrons.